The summed E-state index contributed by atoms with van der Waals surface area (Å²) in [5, 5.41) is 8.62. The minimum Gasteiger partial charge on any atom is -0.487 e. The van der Waals surface area contributed by atoms with E-state index in [2.05, 4.69) is 31.1 Å². The molecule has 174 valence electrons. The summed E-state index contributed by atoms with van der Waals surface area (Å²) in [6.07, 6.45) is 8.81. The van der Waals surface area contributed by atoms with E-state index in [1.165, 1.54) is 31.2 Å². The second-order valence-corrected chi connectivity index (χ2v) is 9.59. The Bertz CT molecular complexity index is 1380. The predicted molar refractivity (Wildman–Crippen MR) is 128 cm³/mol. The van der Waals surface area contributed by atoms with Crippen LogP contribution in [0.4, 0.5) is 4.39 Å². The van der Waals surface area contributed by atoms with Crippen molar-refractivity contribution in [3.05, 3.63) is 81.7 Å². The molecule has 1 saturated carbocycles. The van der Waals surface area contributed by atoms with E-state index in [0.717, 1.165) is 15.2 Å². The Kier molecular flexibility index (Phi) is 6.22. The predicted octanol–water partition coefficient (Wildman–Crippen LogP) is 5.57. The monoisotopic (exact) mass is 543 g/mol. The summed E-state index contributed by atoms with van der Waals surface area (Å²) in [7, 11) is 0. The number of aryl methyl sites for hydroxylation is 1. The molecule has 0 atom stereocenters. The highest BCUT2D eigenvalue weighted by atomic mass is 79.9. The van der Waals surface area contributed by atoms with Crippen molar-refractivity contribution in [1.82, 2.24) is 24.1 Å². The zero-order valence-corrected chi connectivity index (χ0v) is 20.6. The van der Waals surface area contributed by atoms with Crippen LogP contribution in [-0.4, -0.2) is 29.8 Å². The van der Waals surface area contributed by atoms with Gasteiger partial charge in [0, 0.05) is 46.3 Å². The molecule has 10 heteroatoms. The molecule has 0 saturated heterocycles. The van der Waals surface area contributed by atoms with E-state index in [9.17, 15) is 9.18 Å². The van der Waals surface area contributed by atoms with E-state index >= 15 is 0 Å². The minimum atomic E-state index is -0.425. The highest BCUT2D eigenvalue weighted by Crippen LogP contribution is 2.32. The van der Waals surface area contributed by atoms with Crippen molar-refractivity contribution in [2.24, 2.45) is 5.92 Å². The van der Waals surface area contributed by atoms with Crippen molar-refractivity contribution < 1.29 is 13.9 Å². The topological polar surface area (TPSA) is 74.8 Å². The highest BCUT2D eigenvalue weighted by Gasteiger charge is 2.25. The Hall–Kier alpha value is -3.04. The van der Waals surface area contributed by atoms with Gasteiger partial charge in [-0.2, -0.15) is 14.4 Å². The lowest BCUT2D eigenvalue weighted by atomic mass is 9.98. The van der Waals surface area contributed by atoms with Gasteiger partial charge in [-0.25, -0.2) is 4.39 Å². The average molecular weight is 545 g/mol. The molecule has 7 nitrogen and oxygen atoms in total. The third kappa shape index (κ3) is 4.90. The Labute approximate surface area is 208 Å². The van der Waals surface area contributed by atoms with E-state index in [4.69, 9.17) is 16.5 Å². The van der Waals surface area contributed by atoms with Gasteiger partial charge in [-0.3, -0.25) is 14.5 Å². The van der Waals surface area contributed by atoms with Gasteiger partial charge in [0.1, 0.15) is 23.9 Å². The normalized spacial score (nSPS) is 13.3. The molecule has 0 unspecified atom stereocenters. The highest BCUT2D eigenvalue weighted by molar-refractivity contribution is 9.10. The first-order valence-corrected chi connectivity index (χ1v) is 11.9. The molecule has 1 aromatic carbocycles. The van der Waals surface area contributed by atoms with Gasteiger partial charge in [-0.05, 0) is 65.9 Å². The Morgan fingerprint density at radius 1 is 1.26 bits per heavy atom. The van der Waals surface area contributed by atoms with Crippen molar-refractivity contribution in [2.75, 3.05) is 0 Å². The molecule has 0 spiro atoms. The summed E-state index contributed by atoms with van der Waals surface area (Å²) in [5.41, 5.74) is 2.86. The number of nitrogens with zero attached hydrogens (tertiary/aromatic N) is 5. The lowest BCUT2D eigenvalue weighted by Crippen LogP contribution is -2.05. The van der Waals surface area contributed by atoms with Crippen molar-refractivity contribution in [1.29, 1.82) is 0 Å². The molecule has 0 amide bonds. The molecule has 0 aliphatic heterocycles. The summed E-state index contributed by atoms with van der Waals surface area (Å²) in [4.78, 5) is 17.6. The zero-order chi connectivity index (χ0) is 23.8. The van der Waals surface area contributed by atoms with Crippen molar-refractivity contribution in [3.63, 3.8) is 0 Å². The second kappa shape index (κ2) is 9.31. The lowest BCUT2D eigenvalue weighted by molar-refractivity contribution is 0.103. The van der Waals surface area contributed by atoms with Gasteiger partial charge in [0.2, 0.25) is 0 Å². The number of pyridine rings is 1. The Morgan fingerprint density at radius 3 is 2.88 bits per heavy atom. The van der Waals surface area contributed by atoms with Crippen LogP contribution in [0.1, 0.15) is 40.0 Å². The number of hydrogen-bond acceptors (Lipinski definition) is 5. The van der Waals surface area contributed by atoms with E-state index in [1.54, 1.807) is 35.4 Å². The van der Waals surface area contributed by atoms with Crippen LogP contribution in [0.15, 0.2) is 53.5 Å². The number of ketones is 1. The number of benzene rings is 1. The summed E-state index contributed by atoms with van der Waals surface area (Å²) < 4.78 is 23.7. The van der Waals surface area contributed by atoms with Crippen LogP contribution in [0.5, 0.6) is 5.75 Å². The lowest BCUT2D eigenvalue weighted by Gasteiger charge is -2.12. The number of aromatic nitrogens is 5. The number of halogens is 3. The molecule has 4 aromatic rings. The molecule has 34 heavy (non-hydrogen) atoms. The molecule has 0 N–H and O–H groups in total. The van der Waals surface area contributed by atoms with Gasteiger partial charge < -0.3 is 4.74 Å². The smallest absolute Gasteiger partial charge is 0.200 e. The van der Waals surface area contributed by atoms with Crippen LogP contribution < -0.4 is 4.74 Å². The quantitative estimate of drug-likeness (QED) is 0.271. The van der Waals surface area contributed by atoms with E-state index in [-0.39, 0.29) is 12.4 Å². The molecule has 3 heterocycles. The van der Waals surface area contributed by atoms with Crippen LogP contribution in [-0.2, 0) is 13.2 Å². The van der Waals surface area contributed by atoms with Gasteiger partial charge in [-0.1, -0.05) is 0 Å². The van der Waals surface area contributed by atoms with Crippen molar-refractivity contribution >= 4 is 33.5 Å². The van der Waals surface area contributed by atoms with Crippen molar-refractivity contribution in [3.8, 4) is 17.0 Å². The average Bonchev–Trinajstić information content (AvgIpc) is 3.35. The van der Waals surface area contributed by atoms with Gasteiger partial charge in [0.05, 0.1) is 29.2 Å². The van der Waals surface area contributed by atoms with Gasteiger partial charge in [0.15, 0.2) is 5.78 Å². The molecular formula is C24H20BrClFN5O2. The van der Waals surface area contributed by atoms with Gasteiger partial charge in [0.25, 0.3) is 0 Å². The number of hydrogen-bond donors (Lipinski definition) is 0. The van der Waals surface area contributed by atoms with Crippen molar-refractivity contribution in [2.45, 2.75) is 32.9 Å². The van der Waals surface area contributed by atoms with Crippen LogP contribution >= 0.6 is 27.7 Å². The van der Waals surface area contributed by atoms with Gasteiger partial charge >= 0.3 is 0 Å². The van der Waals surface area contributed by atoms with Crippen LogP contribution in [0.25, 0.3) is 11.3 Å². The SMILES string of the molecule is Cc1ncc(Br)cc1OCc1cc(F)ccc1-c1nn(Cl)cc1C(=O)c1cnn(CC2CC2)c1. The first-order chi connectivity index (χ1) is 16.4. The number of carbonyl (C=O) groups is 1. The first-order valence-electron chi connectivity index (χ1n) is 10.7. The summed E-state index contributed by atoms with van der Waals surface area (Å²) in [6.45, 7) is 2.68. The number of ether oxygens (including phenoxy) is 1. The van der Waals surface area contributed by atoms with Crippen LogP contribution in [0, 0.1) is 18.7 Å². The second-order valence-electron chi connectivity index (χ2n) is 8.33. The summed E-state index contributed by atoms with van der Waals surface area (Å²) in [6, 6.07) is 6.06. The Morgan fingerprint density at radius 2 is 2.09 bits per heavy atom. The molecule has 0 radical (unpaired) electrons. The fourth-order valence-corrected chi connectivity index (χ4v) is 4.20. The fraction of sp³-hybridized carbons (Fsp3) is 0.250. The van der Waals surface area contributed by atoms with E-state index in [0.29, 0.717) is 45.3 Å². The molecule has 0 bridgehead atoms. The maximum Gasteiger partial charge on any atom is 0.200 e. The fourth-order valence-electron chi connectivity index (χ4n) is 3.72. The molecule has 1 fully saturated rings. The third-order valence-corrected chi connectivity index (χ3v) is 6.29. The summed E-state index contributed by atoms with van der Waals surface area (Å²) >= 11 is 9.52. The maximum atomic E-state index is 14.2. The first kappa shape index (κ1) is 22.7. The standard InChI is InChI=1S/C24H20BrClFN5O2/c1-14-22(7-18(25)9-28-14)34-13-16-6-19(27)4-5-20(16)23-21(12-32(26)30-23)24(33)17-8-29-31(11-17)10-15-2-3-15/h4-9,11-12,15H,2-3,10,13H2,1H3. The minimum absolute atomic E-state index is 0.0498. The van der Waals surface area contributed by atoms with E-state index in [1.807, 2.05) is 6.92 Å². The van der Waals surface area contributed by atoms with Gasteiger partial charge in [-0.15, -0.1) is 0 Å². The Balaban J connectivity index is 1.46. The largest absolute Gasteiger partial charge is 0.487 e. The maximum absolute atomic E-state index is 14.2. The van der Waals surface area contributed by atoms with E-state index < -0.39 is 5.82 Å². The summed E-state index contributed by atoms with van der Waals surface area (Å²) in [5.74, 6) is 0.514. The molecule has 3 aromatic heterocycles. The van der Waals surface area contributed by atoms with Crippen LogP contribution in [0.3, 0.4) is 0 Å². The van der Waals surface area contributed by atoms with Crippen LogP contribution in [0.2, 0.25) is 0 Å². The molecule has 5 rings (SSSR count). The molecule has 1 aliphatic rings. The molecule has 1 aliphatic carbocycles. The number of carbonyl (C=O) groups excluding carboxylic acids is 1. The third-order valence-electron chi connectivity index (χ3n) is 5.68. The molecular weight excluding hydrogens is 525 g/mol. The number of rotatable bonds is 8. The zero-order valence-electron chi connectivity index (χ0n) is 18.2.